The Morgan fingerprint density at radius 3 is 1.94 bits per heavy atom. The van der Waals surface area contributed by atoms with Crippen molar-refractivity contribution in [3.63, 3.8) is 0 Å². The summed E-state index contributed by atoms with van der Waals surface area (Å²) in [4.78, 5) is 4.59. The fourth-order valence-corrected chi connectivity index (χ4v) is 6.13. The molecule has 0 atom stereocenters. The summed E-state index contributed by atoms with van der Waals surface area (Å²) in [5.74, 6) is 0. The van der Waals surface area contributed by atoms with Crippen LogP contribution in [-0.2, 0) is 6.42 Å². The molecule has 1 heterocycles. The number of fused-ring (bicyclic) bond motifs is 10. The summed E-state index contributed by atoms with van der Waals surface area (Å²) in [6.45, 7) is 0. The molecule has 8 rings (SSSR count). The summed E-state index contributed by atoms with van der Waals surface area (Å²) >= 11 is 0. The van der Waals surface area contributed by atoms with Gasteiger partial charge in [-0.25, -0.2) is 0 Å². The minimum absolute atomic E-state index is 0.948. The van der Waals surface area contributed by atoms with Gasteiger partial charge in [-0.05, 0) is 96.4 Å². The monoisotopic (exact) mass is 443 g/mol. The number of hydrogen-bond donors (Lipinski definition) is 0. The lowest BCUT2D eigenvalue weighted by Gasteiger charge is -2.14. The van der Waals surface area contributed by atoms with E-state index in [1.807, 2.05) is 12.3 Å². The second kappa shape index (κ2) is 7.01. The van der Waals surface area contributed by atoms with Crippen molar-refractivity contribution in [3.8, 4) is 22.3 Å². The van der Waals surface area contributed by atoms with Crippen LogP contribution in [0.25, 0.3) is 65.5 Å². The van der Waals surface area contributed by atoms with Crippen LogP contribution in [-0.4, -0.2) is 4.98 Å². The second-order valence-corrected chi connectivity index (χ2v) is 9.57. The smallest absolute Gasteiger partial charge is 0.0705 e. The molecule has 0 spiro atoms. The topological polar surface area (TPSA) is 12.9 Å². The van der Waals surface area contributed by atoms with Gasteiger partial charge >= 0.3 is 0 Å². The molecule has 1 aliphatic carbocycles. The van der Waals surface area contributed by atoms with E-state index in [2.05, 4.69) is 108 Å². The van der Waals surface area contributed by atoms with Gasteiger partial charge in [0.05, 0.1) is 5.52 Å². The van der Waals surface area contributed by atoms with Gasteiger partial charge in [-0.3, -0.25) is 4.98 Å². The summed E-state index contributed by atoms with van der Waals surface area (Å²) in [6, 6.07) is 40.1. The van der Waals surface area contributed by atoms with E-state index >= 15 is 0 Å². The SMILES string of the molecule is c1cc(-c2ccc3c4ccccc4c4ccccc4c3c2)c2c(c1)-c1cc3cccnc3cc1C2. The van der Waals surface area contributed by atoms with Crippen LogP contribution >= 0.6 is 0 Å². The maximum Gasteiger partial charge on any atom is 0.0705 e. The first-order valence-corrected chi connectivity index (χ1v) is 12.2. The predicted octanol–water partition coefficient (Wildman–Crippen LogP) is 8.93. The third-order valence-corrected chi connectivity index (χ3v) is 7.72. The number of hydrogen-bond acceptors (Lipinski definition) is 1. The van der Waals surface area contributed by atoms with Crippen LogP contribution in [0.15, 0.2) is 115 Å². The van der Waals surface area contributed by atoms with Crippen LogP contribution in [0.2, 0.25) is 0 Å². The molecule has 0 unspecified atom stereocenters. The first kappa shape index (κ1) is 18.9. The van der Waals surface area contributed by atoms with Gasteiger partial charge in [0.1, 0.15) is 0 Å². The zero-order valence-electron chi connectivity index (χ0n) is 19.1. The predicted molar refractivity (Wildman–Crippen MR) is 148 cm³/mol. The van der Waals surface area contributed by atoms with Crippen molar-refractivity contribution >= 4 is 43.2 Å². The van der Waals surface area contributed by atoms with Gasteiger partial charge in [0, 0.05) is 11.6 Å². The Labute approximate surface area is 203 Å². The molecule has 0 radical (unpaired) electrons. The quantitative estimate of drug-likeness (QED) is 0.231. The largest absolute Gasteiger partial charge is 0.256 e. The molecule has 6 aromatic carbocycles. The van der Waals surface area contributed by atoms with Gasteiger partial charge in [-0.2, -0.15) is 0 Å². The third kappa shape index (κ3) is 2.67. The van der Waals surface area contributed by atoms with Crippen molar-refractivity contribution in [3.05, 3.63) is 127 Å². The Kier molecular flexibility index (Phi) is 3.78. The lowest BCUT2D eigenvalue weighted by Crippen LogP contribution is -1.89. The highest BCUT2D eigenvalue weighted by molar-refractivity contribution is 6.25. The first-order chi connectivity index (χ1) is 17.3. The molecular weight excluding hydrogens is 422 g/mol. The summed E-state index contributed by atoms with van der Waals surface area (Å²) < 4.78 is 0. The fraction of sp³-hybridized carbons (Fsp3) is 0.0294. The number of aromatic nitrogens is 1. The molecule has 1 aliphatic rings. The Balaban J connectivity index is 1.38. The summed E-state index contributed by atoms with van der Waals surface area (Å²) in [7, 11) is 0. The van der Waals surface area contributed by atoms with Gasteiger partial charge in [-0.1, -0.05) is 84.9 Å². The van der Waals surface area contributed by atoms with E-state index in [0.717, 1.165) is 11.9 Å². The molecule has 0 aliphatic heterocycles. The minimum atomic E-state index is 0.948. The molecule has 0 fully saturated rings. The van der Waals surface area contributed by atoms with Crippen molar-refractivity contribution < 1.29 is 0 Å². The van der Waals surface area contributed by atoms with E-state index in [-0.39, 0.29) is 0 Å². The molecule has 0 amide bonds. The van der Waals surface area contributed by atoms with Gasteiger partial charge in [0.15, 0.2) is 0 Å². The molecule has 7 aromatic rings. The van der Waals surface area contributed by atoms with Crippen LogP contribution in [0.3, 0.4) is 0 Å². The van der Waals surface area contributed by atoms with Gasteiger partial charge in [-0.15, -0.1) is 0 Å². The highest BCUT2D eigenvalue weighted by Gasteiger charge is 2.22. The first-order valence-electron chi connectivity index (χ1n) is 12.2. The molecule has 0 N–H and O–H groups in total. The van der Waals surface area contributed by atoms with Crippen molar-refractivity contribution in [1.82, 2.24) is 4.98 Å². The third-order valence-electron chi connectivity index (χ3n) is 7.72. The van der Waals surface area contributed by atoms with E-state index in [0.29, 0.717) is 0 Å². The maximum absolute atomic E-state index is 4.59. The Bertz CT molecular complexity index is 1940. The molecule has 0 saturated heterocycles. The molecule has 1 nitrogen and oxygen atoms in total. The van der Waals surface area contributed by atoms with Crippen molar-refractivity contribution in [1.29, 1.82) is 0 Å². The van der Waals surface area contributed by atoms with Crippen molar-refractivity contribution in [2.75, 3.05) is 0 Å². The molecule has 35 heavy (non-hydrogen) atoms. The minimum Gasteiger partial charge on any atom is -0.256 e. The van der Waals surface area contributed by atoms with Crippen LogP contribution in [0.4, 0.5) is 0 Å². The average Bonchev–Trinajstić information content (AvgIpc) is 3.29. The van der Waals surface area contributed by atoms with E-state index < -0.39 is 0 Å². The van der Waals surface area contributed by atoms with Crippen LogP contribution in [0.1, 0.15) is 11.1 Å². The Morgan fingerprint density at radius 2 is 1.17 bits per heavy atom. The van der Waals surface area contributed by atoms with E-state index in [1.54, 1.807) is 0 Å². The van der Waals surface area contributed by atoms with Crippen LogP contribution < -0.4 is 0 Å². The lowest BCUT2D eigenvalue weighted by molar-refractivity contribution is 1.26. The molecule has 1 heteroatoms. The zero-order chi connectivity index (χ0) is 22.9. The standard InChI is InChI=1S/C34H21N/c1-2-10-27-25(8-1)26-9-3-4-11-28(26)33-17-21(14-15-30(27)33)24-12-5-13-29-31-18-22-7-6-16-35-34(22)20-23(31)19-32(24)29/h1-18,20H,19H2. The molecule has 1 aromatic heterocycles. The van der Waals surface area contributed by atoms with Crippen LogP contribution in [0.5, 0.6) is 0 Å². The van der Waals surface area contributed by atoms with Gasteiger partial charge in [0.25, 0.3) is 0 Å². The molecule has 0 saturated carbocycles. The average molecular weight is 444 g/mol. The van der Waals surface area contributed by atoms with Crippen LogP contribution in [0, 0.1) is 0 Å². The lowest BCUT2D eigenvalue weighted by atomic mass is 9.90. The van der Waals surface area contributed by atoms with Crippen molar-refractivity contribution in [2.45, 2.75) is 6.42 Å². The van der Waals surface area contributed by atoms with E-state index in [9.17, 15) is 0 Å². The van der Waals surface area contributed by atoms with Gasteiger partial charge in [0.2, 0.25) is 0 Å². The maximum atomic E-state index is 4.59. The molecule has 0 bridgehead atoms. The highest BCUT2D eigenvalue weighted by atomic mass is 14.6. The number of rotatable bonds is 1. The number of pyridine rings is 1. The summed E-state index contributed by atoms with van der Waals surface area (Å²) in [5.41, 5.74) is 9.18. The van der Waals surface area contributed by atoms with E-state index in [4.69, 9.17) is 0 Å². The number of benzene rings is 6. The fourth-order valence-electron chi connectivity index (χ4n) is 6.13. The van der Waals surface area contributed by atoms with Crippen molar-refractivity contribution in [2.24, 2.45) is 0 Å². The normalized spacial score (nSPS) is 12.5. The van der Waals surface area contributed by atoms with Gasteiger partial charge < -0.3 is 0 Å². The second-order valence-electron chi connectivity index (χ2n) is 9.57. The molecule has 162 valence electrons. The highest BCUT2D eigenvalue weighted by Crippen LogP contribution is 2.44. The Hall–Kier alpha value is -4.49. The van der Waals surface area contributed by atoms with E-state index in [1.165, 1.54) is 71.1 Å². The summed E-state index contributed by atoms with van der Waals surface area (Å²) in [5, 5.41) is 9.11. The summed E-state index contributed by atoms with van der Waals surface area (Å²) in [6.07, 6.45) is 2.83. The Morgan fingerprint density at radius 1 is 0.486 bits per heavy atom. The molecular formula is C34H21N. The zero-order valence-corrected chi connectivity index (χ0v) is 19.1. The number of nitrogens with zero attached hydrogens (tertiary/aromatic N) is 1.